The molecule has 1 nitrogen and oxygen atoms in total. The molecule has 1 aromatic carbocycles. The largest absolute Gasteiger partial charge is 0.299 e. The number of hydrogen-bond acceptors (Lipinski definition) is 1. The fraction of sp³-hybridized carbons (Fsp3) is 0.767. The Hall–Kier alpha value is -1.18. The van der Waals surface area contributed by atoms with Gasteiger partial charge in [0.15, 0.2) is 0 Å². The molecule has 32 heavy (non-hydrogen) atoms. The summed E-state index contributed by atoms with van der Waals surface area (Å²) in [6, 6.07) is 6.95. The van der Waals surface area contributed by atoms with Crippen molar-refractivity contribution in [3.05, 3.63) is 35.6 Å². The van der Waals surface area contributed by atoms with Crippen LogP contribution in [0.15, 0.2) is 24.3 Å². The van der Waals surface area contributed by atoms with Crippen molar-refractivity contribution in [1.82, 2.24) is 0 Å². The van der Waals surface area contributed by atoms with Crippen LogP contribution in [0.25, 0.3) is 0 Å². The number of benzene rings is 1. The molecular weight excluding hydrogens is 395 g/mol. The minimum absolute atomic E-state index is 0.166. The predicted molar refractivity (Wildman–Crippen MR) is 136 cm³/mol. The average molecular weight is 445 g/mol. The van der Waals surface area contributed by atoms with Gasteiger partial charge in [0.25, 0.3) is 0 Å². The molecule has 1 aliphatic rings. The minimum Gasteiger partial charge on any atom is -0.299 e. The molecule has 0 atom stereocenters. The Morgan fingerprint density at radius 3 is 1.59 bits per heavy atom. The van der Waals surface area contributed by atoms with Crippen LogP contribution in [-0.4, -0.2) is 5.78 Å². The maximum Gasteiger partial charge on any atom is 0.135 e. The van der Waals surface area contributed by atoms with Crippen LogP contribution >= 0.6 is 0 Å². The third-order valence-corrected chi connectivity index (χ3v) is 7.55. The van der Waals surface area contributed by atoms with E-state index >= 15 is 0 Å². The van der Waals surface area contributed by atoms with Crippen molar-refractivity contribution in [3.8, 4) is 0 Å². The zero-order valence-corrected chi connectivity index (χ0v) is 20.9. The number of halogens is 1. The molecule has 0 heterocycles. The van der Waals surface area contributed by atoms with Crippen LogP contribution in [0.4, 0.5) is 4.39 Å². The Balaban J connectivity index is 1.38. The summed E-state index contributed by atoms with van der Waals surface area (Å²) in [4.78, 5) is 12.6. The van der Waals surface area contributed by atoms with Crippen LogP contribution in [0.1, 0.15) is 147 Å². The second-order valence-corrected chi connectivity index (χ2v) is 10.3. The van der Waals surface area contributed by atoms with Crippen LogP contribution in [-0.2, 0) is 4.79 Å². The first-order chi connectivity index (χ1) is 15.7. The van der Waals surface area contributed by atoms with Crippen molar-refractivity contribution in [2.75, 3.05) is 0 Å². The lowest BCUT2D eigenvalue weighted by Crippen LogP contribution is -2.21. The van der Waals surface area contributed by atoms with Gasteiger partial charge in [0.2, 0.25) is 0 Å². The number of ketones is 1. The van der Waals surface area contributed by atoms with Gasteiger partial charge in [-0.25, -0.2) is 4.39 Å². The third-order valence-electron chi connectivity index (χ3n) is 7.55. The van der Waals surface area contributed by atoms with Gasteiger partial charge in [-0.1, -0.05) is 109 Å². The van der Waals surface area contributed by atoms with E-state index in [1.807, 2.05) is 12.1 Å². The summed E-state index contributed by atoms with van der Waals surface area (Å²) in [6.07, 6.45) is 25.4. The highest BCUT2D eigenvalue weighted by atomic mass is 19.1. The average Bonchev–Trinajstić information content (AvgIpc) is 2.82. The molecule has 0 spiro atoms. The molecule has 0 aliphatic heterocycles. The van der Waals surface area contributed by atoms with E-state index in [1.54, 1.807) is 12.1 Å². The first kappa shape index (κ1) is 27.1. The van der Waals surface area contributed by atoms with E-state index < -0.39 is 0 Å². The molecule has 1 aliphatic carbocycles. The summed E-state index contributed by atoms with van der Waals surface area (Å²) in [5.74, 6) is 1.11. The maximum absolute atomic E-state index is 13.1. The van der Waals surface area contributed by atoms with Gasteiger partial charge in [-0.3, -0.25) is 4.79 Å². The Morgan fingerprint density at radius 1 is 0.688 bits per heavy atom. The summed E-state index contributed by atoms with van der Waals surface area (Å²) in [6.45, 7) is 2.28. The van der Waals surface area contributed by atoms with E-state index in [0.29, 0.717) is 11.7 Å². The zero-order chi connectivity index (χ0) is 22.9. The van der Waals surface area contributed by atoms with Gasteiger partial charge < -0.3 is 0 Å². The van der Waals surface area contributed by atoms with E-state index in [-0.39, 0.29) is 11.7 Å². The van der Waals surface area contributed by atoms with Crippen molar-refractivity contribution < 1.29 is 9.18 Å². The lowest BCUT2D eigenvalue weighted by molar-refractivity contribution is -0.124. The fourth-order valence-corrected chi connectivity index (χ4v) is 5.36. The fourth-order valence-electron chi connectivity index (χ4n) is 5.36. The standard InChI is InChI=1S/C30H49FO/c1-2-3-4-5-6-7-8-9-10-11-12-13-14-15-16-17-30(32)28-20-18-26(19-21-28)27-22-24-29(31)25-23-27/h22-26,28H,2-21H2,1H3/t26-,28-. The SMILES string of the molecule is CCCCCCCCCCCCCCCCCC(=O)[C@H]1CC[C@H](c2ccc(F)cc2)CC1. The molecule has 2 rings (SSSR count). The number of Topliss-reactive ketones (excluding diaryl/α,β-unsaturated/α-hetero) is 1. The summed E-state index contributed by atoms with van der Waals surface area (Å²) < 4.78 is 13.1. The molecule has 1 aromatic rings. The van der Waals surface area contributed by atoms with Gasteiger partial charge in [-0.2, -0.15) is 0 Å². The first-order valence-electron chi connectivity index (χ1n) is 14.0. The van der Waals surface area contributed by atoms with E-state index in [1.165, 1.54) is 95.5 Å². The topological polar surface area (TPSA) is 17.1 Å². The van der Waals surface area contributed by atoms with E-state index in [4.69, 9.17) is 0 Å². The highest BCUT2D eigenvalue weighted by Crippen LogP contribution is 2.36. The number of unbranched alkanes of at least 4 members (excludes halogenated alkanes) is 14. The van der Waals surface area contributed by atoms with Gasteiger partial charge in [0, 0.05) is 12.3 Å². The third kappa shape index (κ3) is 11.6. The maximum atomic E-state index is 13.1. The van der Waals surface area contributed by atoms with Crippen molar-refractivity contribution in [2.45, 2.75) is 141 Å². The van der Waals surface area contributed by atoms with Gasteiger partial charge in [0.1, 0.15) is 11.6 Å². The van der Waals surface area contributed by atoms with Gasteiger partial charge in [-0.15, -0.1) is 0 Å². The Kier molecular flexibility index (Phi) is 14.6. The van der Waals surface area contributed by atoms with Crippen molar-refractivity contribution in [2.24, 2.45) is 5.92 Å². The lowest BCUT2D eigenvalue weighted by Gasteiger charge is -2.28. The van der Waals surface area contributed by atoms with E-state index in [2.05, 4.69) is 6.92 Å². The monoisotopic (exact) mass is 444 g/mol. The second-order valence-electron chi connectivity index (χ2n) is 10.3. The number of carbonyl (C=O) groups is 1. The summed E-state index contributed by atoms with van der Waals surface area (Å²) in [7, 11) is 0. The molecule has 1 saturated carbocycles. The van der Waals surface area contributed by atoms with Crippen LogP contribution in [0, 0.1) is 11.7 Å². The lowest BCUT2D eigenvalue weighted by atomic mass is 9.76. The zero-order valence-electron chi connectivity index (χ0n) is 20.9. The smallest absolute Gasteiger partial charge is 0.135 e. The highest BCUT2D eigenvalue weighted by molar-refractivity contribution is 5.81. The molecule has 0 aromatic heterocycles. The van der Waals surface area contributed by atoms with Crippen LogP contribution < -0.4 is 0 Å². The Morgan fingerprint density at radius 2 is 1.12 bits per heavy atom. The highest BCUT2D eigenvalue weighted by Gasteiger charge is 2.26. The van der Waals surface area contributed by atoms with Crippen molar-refractivity contribution in [1.29, 1.82) is 0 Å². The normalized spacial score (nSPS) is 18.7. The molecule has 0 amide bonds. The summed E-state index contributed by atoms with van der Waals surface area (Å²) in [5, 5.41) is 0. The molecular formula is C30H49FO. The number of carbonyl (C=O) groups excluding carboxylic acids is 1. The summed E-state index contributed by atoms with van der Waals surface area (Å²) in [5.41, 5.74) is 1.24. The van der Waals surface area contributed by atoms with E-state index in [9.17, 15) is 9.18 Å². The predicted octanol–water partition coefficient (Wildman–Crippen LogP) is 9.93. The van der Waals surface area contributed by atoms with Crippen LogP contribution in [0.3, 0.4) is 0 Å². The minimum atomic E-state index is -0.166. The van der Waals surface area contributed by atoms with Gasteiger partial charge in [-0.05, 0) is 55.7 Å². The van der Waals surface area contributed by atoms with Crippen molar-refractivity contribution in [3.63, 3.8) is 0 Å². The Bertz CT molecular complexity index is 585. The molecule has 182 valence electrons. The van der Waals surface area contributed by atoms with Crippen molar-refractivity contribution >= 4 is 5.78 Å². The molecule has 0 N–H and O–H groups in total. The number of hydrogen-bond donors (Lipinski definition) is 0. The van der Waals surface area contributed by atoms with Crippen LogP contribution in [0.5, 0.6) is 0 Å². The van der Waals surface area contributed by atoms with Crippen LogP contribution in [0.2, 0.25) is 0 Å². The first-order valence-corrected chi connectivity index (χ1v) is 14.0. The van der Waals surface area contributed by atoms with Gasteiger partial charge in [0.05, 0.1) is 0 Å². The van der Waals surface area contributed by atoms with Gasteiger partial charge >= 0.3 is 0 Å². The molecule has 2 heteroatoms. The summed E-state index contributed by atoms with van der Waals surface area (Å²) >= 11 is 0. The molecule has 1 fully saturated rings. The molecule has 0 saturated heterocycles. The number of rotatable bonds is 18. The molecule has 0 unspecified atom stereocenters. The Labute approximate surface area is 198 Å². The molecule has 0 bridgehead atoms. The second kappa shape index (κ2) is 17.3. The molecule has 0 radical (unpaired) electrons. The quantitative estimate of drug-likeness (QED) is 0.206. The van der Waals surface area contributed by atoms with E-state index in [0.717, 1.165) is 38.5 Å².